The molecule has 13 nitrogen and oxygen atoms in total. The molecule has 0 bridgehead atoms. The maximum Gasteiger partial charge on any atom is 0.671 e. The fourth-order valence-electron chi connectivity index (χ4n) is 2.23. The van der Waals surface area contributed by atoms with Gasteiger partial charge in [-0.1, -0.05) is 0 Å². The Labute approximate surface area is 177 Å². The van der Waals surface area contributed by atoms with Gasteiger partial charge < -0.3 is 57.9 Å². The molecule has 0 aliphatic carbocycles. The fourth-order valence-corrected chi connectivity index (χ4v) is 14.8. The second-order valence-electron chi connectivity index (χ2n) is 5.22. The van der Waals surface area contributed by atoms with Crippen molar-refractivity contribution >= 4 is 35.9 Å². The second-order valence-corrected chi connectivity index (χ2v) is 16.2. The summed E-state index contributed by atoms with van der Waals surface area (Å²) in [6.45, 7) is 0.315. The molecule has 0 amide bonds. The zero-order chi connectivity index (χ0) is 22.6. The van der Waals surface area contributed by atoms with E-state index in [2.05, 4.69) is 0 Å². The molecule has 0 aromatic carbocycles. The van der Waals surface area contributed by atoms with Crippen molar-refractivity contribution in [3.8, 4) is 0 Å². The summed E-state index contributed by atoms with van der Waals surface area (Å²) in [6, 6.07) is 0.185. The molecule has 0 unspecified atom stereocenters. The zero-order valence-corrected chi connectivity index (χ0v) is 22.6. The minimum absolute atomic E-state index is 0.185. The Kier molecular flexibility index (Phi) is 13.9. The minimum atomic E-state index is -3.93. The Morgan fingerprint density at radius 1 is 0.483 bits per heavy atom. The van der Waals surface area contributed by atoms with Crippen LogP contribution >= 0.6 is 0 Å². The Morgan fingerprint density at radius 2 is 0.724 bits per heavy atom. The van der Waals surface area contributed by atoms with Crippen molar-refractivity contribution in [2.24, 2.45) is 5.73 Å². The molecule has 0 fully saturated rings. The molecule has 0 atom stereocenters. The third kappa shape index (κ3) is 7.76. The molecule has 0 radical (unpaired) electrons. The van der Waals surface area contributed by atoms with Crippen LogP contribution in [0.25, 0.3) is 0 Å². The van der Waals surface area contributed by atoms with Crippen LogP contribution in [0, 0.1) is 0 Å². The zero-order valence-electron chi connectivity index (χ0n) is 18.6. The molecular weight excluding hydrogens is 462 g/mol. The highest BCUT2D eigenvalue weighted by atomic mass is 28.5. The summed E-state index contributed by atoms with van der Waals surface area (Å²) in [7, 11) is -2.62. The number of hydrogen-bond acceptors (Lipinski definition) is 13. The highest BCUT2D eigenvalue weighted by Gasteiger charge is 2.65. The predicted octanol–water partition coefficient (Wildman–Crippen LogP) is -0.552. The molecule has 0 heterocycles. The average molecular weight is 498 g/mol. The SMILES string of the molecule is CO[Si](OC)(OC)O[Si](CCCN)(O[Si](OC)(OC)OC)O[Si](OC)(OC)OC. The van der Waals surface area contributed by atoms with E-state index in [9.17, 15) is 0 Å². The van der Waals surface area contributed by atoms with Crippen molar-refractivity contribution in [2.45, 2.75) is 12.5 Å². The molecule has 176 valence electrons. The molecule has 0 saturated carbocycles. The van der Waals surface area contributed by atoms with E-state index in [1.165, 1.54) is 64.0 Å². The van der Waals surface area contributed by atoms with Crippen LogP contribution in [-0.4, -0.2) is 106 Å². The van der Waals surface area contributed by atoms with Gasteiger partial charge in [0.1, 0.15) is 0 Å². The lowest BCUT2D eigenvalue weighted by molar-refractivity contribution is -0.0259. The van der Waals surface area contributed by atoms with Crippen LogP contribution < -0.4 is 5.73 Å². The Balaban J connectivity index is 6.47. The Bertz CT molecular complexity index is 359. The normalized spacial score (nSPS) is 13.9. The lowest BCUT2D eigenvalue weighted by atomic mass is 10.5. The van der Waals surface area contributed by atoms with Gasteiger partial charge in [0.25, 0.3) is 0 Å². The minimum Gasteiger partial charge on any atom is -0.355 e. The van der Waals surface area contributed by atoms with Gasteiger partial charge in [-0.25, -0.2) is 0 Å². The van der Waals surface area contributed by atoms with Gasteiger partial charge in [0.15, 0.2) is 0 Å². The summed E-state index contributed by atoms with van der Waals surface area (Å²) in [4.78, 5) is 0. The molecule has 0 rings (SSSR count). The van der Waals surface area contributed by atoms with Gasteiger partial charge in [-0.15, -0.1) is 0 Å². The molecule has 0 aromatic heterocycles. The third-order valence-electron chi connectivity index (χ3n) is 3.78. The molecule has 2 N–H and O–H groups in total. The van der Waals surface area contributed by atoms with E-state index in [0.717, 1.165) is 0 Å². The Hall–Kier alpha value is 0.348. The van der Waals surface area contributed by atoms with Crippen molar-refractivity contribution in [1.29, 1.82) is 0 Å². The quantitative estimate of drug-likeness (QED) is 0.243. The highest BCUT2D eigenvalue weighted by Crippen LogP contribution is 2.31. The summed E-state index contributed by atoms with van der Waals surface area (Å²) in [5.41, 5.74) is 5.73. The van der Waals surface area contributed by atoms with Crippen molar-refractivity contribution in [3.63, 3.8) is 0 Å². The topological polar surface area (TPSA) is 137 Å². The van der Waals surface area contributed by atoms with E-state index >= 15 is 0 Å². The van der Waals surface area contributed by atoms with Gasteiger partial charge in [0.05, 0.1) is 0 Å². The molecule has 0 aromatic rings. The van der Waals surface area contributed by atoms with Crippen LogP contribution in [0.4, 0.5) is 0 Å². The van der Waals surface area contributed by atoms with Gasteiger partial charge in [-0.3, -0.25) is 0 Å². The molecule has 0 saturated heterocycles. The van der Waals surface area contributed by atoms with Gasteiger partial charge in [0.2, 0.25) is 0 Å². The summed E-state index contributed by atoms with van der Waals surface area (Å²) in [5.74, 6) is 0. The number of rotatable bonds is 18. The van der Waals surface area contributed by atoms with Crippen LogP contribution in [0.3, 0.4) is 0 Å². The van der Waals surface area contributed by atoms with Crippen LogP contribution in [0.1, 0.15) is 6.42 Å². The molecule has 0 aliphatic rings. The molecule has 0 spiro atoms. The lowest BCUT2D eigenvalue weighted by Crippen LogP contribution is -2.69. The first-order valence-corrected chi connectivity index (χ1v) is 15.3. The summed E-state index contributed by atoms with van der Waals surface area (Å²) >= 11 is 0. The van der Waals surface area contributed by atoms with Gasteiger partial charge in [-0.05, 0) is 13.0 Å². The number of hydrogen-bond donors (Lipinski definition) is 1. The highest BCUT2D eigenvalue weighted by molar-refractivity contribution is 6.82. The van der Waals surface area contributed by atoms with E-state index < -0.39 is 35.9 Å². The lowest BCUT2D eigenvalue weighted by Gasteiger charge is -2.41. The monoisotopic (exact) mass is 497 g/mol. The Morgan fingerprint density at radius 3 is 0.897 bits per heavy atom. The molecule has 29 heavy (non-hydrogen) atoms. The predicted molar refractivity (Wildman–Crippen MR) is 108 cm³/mol. The first kappa shape index (κ1) is 29.3. The standard InChI is InChI=1S/C12H35NO12Si4/c1-14-27(15-2,16-3)23-26(12-10-11-13,24-28(17-4,18-5)19-6)25-29(20-7,21-8)22-9/h10-13H2,1-9H3. The summed E-state index contributed by atoms with van der Waals surface area (Å²) < 4.78 is 67.2. The van der Waals surface area contributed by atoms with Gasteiger partial charge in [0, 0.05) is 70.0 Å². The smallest absolute Gasteiger partial charge is 0.355 e. The van der Waals surface area contributed by atoms with Gasteiger partial charge >= 0.3 is 35.9 Å². The van der Waals surface area contributed by atoms with Crippen molar-refractivity contribution in [1.82, 2.24) is 0 Å². The maximum absolute atomic E-state index is 6.20. The van der Waals surface area contributed by atoms with E-state index in [-0.39, 0.29) is 6.04 Å². The van der Waals surface area contributed by atoms with Crippen LogP contribution in [-0.2, 0) is 52.2 Å². The van der Waals surface area contributed by atoms with Crippen LogP contribution in [0.2, 0.25) is 6.04 Å². The van der Waals surface area contributed by atoms with E-state index in [1.807, 2.05) is 0 Å². The summed E-state index contributed by atoms with van der Waals surface area (Å²) in [6.07, 6.45) is 0.442. The first-order valence-electron chi connectivity index (χ1n) is 8.50. The van der Waals surface area contributed by atoms with E-state index in [4.69, 9.17) is 57.9 Å². The first-order chi connectivity index (χ1) is 13.7. The summed E-state index contributed by atoms with van der Waals surface area (Å²) in [5, 5.41) is 0. The van der Waals surface area contributed by atoms with Crippen molar-refractivity contribution in [2.75, 3.05) is 70.5 Å². The molecule has 0 aliphatic heterocycles. The molecule has 17 heteroatoms. The van der Waals surface area contributed by atoms with Crippen molar-refractivity contribution in [3.05, 3.63) is 0 Å². The van der Waals surface area contributed by atoms with Crippen LogP contribution in [0.5, 0.6) is 0 Å². The number of nitrogens with two attached hydrogens (primary N) is 1. The van der Waals surface area contributed by atoms with E-state index in [0.29, 0.717) is 13.0 Å². The largest absolute Gasteiger partial charge is 0.671 e. The molecular formula is C12H35NO12Si4. The fraction of sp³-hybridized carbons (Fsp3) is 1.00. The second kappa shape index (κ2) is 13.7. The maximum atomic E-state index is 6.20. The third-order valence-corrected chi connectivity index (χ3v) is 16.0. The van der Waals surface area contributed by atoms with Gasteiger partial charge in [-0.2, -0.15) is 0 Å². The van der Waals surface area contributed by atoms with Crippen molar-refractivity contribution < 1.29 is 52.2 Å². The van der Waals surface area contributed by atoms with Crippen LogP contribution in [0.15, 0.2) is 0 Å². The van der Waals surface area contributed by atoms with E-state index in [1.54, 1.807) is 0 Å². The average Bonchev–Trinajstić information content (AvgIpc) is 2.78.